The zero-order valence-electron chi connectivity index (χ0n) is 17.1. The molecule has 5 heteroatoms. The molecule has 1 atom stereocenters. The van der Waals surface area contributed by atoms with E-state index in [1.54, 1.807) is 13.2 Å². The van der Waals surface area contributed by atoms with E-state index in [1.165, 1.54) is 24.9 Å². The highest BCUT2D eigenvalue weighted by molar-refractivity contribution is 5.81. The van der Waals surface area contributed by atoms with Gasteiger partial charge >= 0.3 is 5.63 Å². The number of hydrogen-bond donors (Lipinski definition) is 0. The molecule has 5 nitrogen and oxygen atoms in total. The lowest BCUT2D eigenvalue weighted by molar-refractivity contribution is 0.102. The van der Waals surface area contributed by atoms with Gasteiger partial charge in [0.15, 0.2) is 0 Å². The fourth-order valence-corrected chi connectivity index (χ4v) is 4.13. The predicted molar refractivity (Wildman–Crippen MR) is 109 cm³/mol. The van der Waals surface area contributed by atoms with Crippen LogP contribution in [0.3, 0.4) is 0 Å². The van der Waals surface area contributed by atoms with Crippen molar-refractivity contribution < 1.29 is 9.15 Å². The Morgan fingerprint density at radius 3 is 2.81 bits per heavy atom. The maximum absolute atomic E-state index is 12.0. The highest BCUT2D eigenvalue weighted by Gasteiger charge is 2.21. The van der Waals surface area contributed by atoms with Gasteiger partial charge in [-0.15, -0.1) is 0 Å². The summed E-state index contributed by atoms with van der Waals surface area (Å²) in [6.07, 6.45) is 2.52. The second kappa shape index (κ2) is 9.00. The van der Waals surface area contributed by atoms with Crippen LogP contribution in [0.15, 0.2) is 27.4 Å². The average Bonchev–Trinajstić information content (AvgIpc) is 2.62. The summed E-state index contributed by atoms with van der Waals surface area (Å²) in [5.74, 6) is 0.663. The monoisotopic (exact) mass is 372 g/mol. The van der Waals surface area contributed by atoms with Crippen LogP contribution in [0.5, 0.6) is 0 Å². The number of benzene rings is 1. The third-order valence-corrected chi connectivity index (χ3v) is 5.67. The summed E-state index contributed by atoms with van der Waals surface area (Å²) < 4.78 is 10.6. The molecule has 27 heavy (non-hydrogen) atoms. The van der Waals surface area contributed by atoms with Crippen molar-refractivity contribution in [2.24, 2.45) is 5.92 Å². The summed E-state index contributed by atoms with van der Waals surface area (Å²) in [5, 5.41) is 1.05. The molecule has 0 N–H and O–H groups in total. The van der Waals surface area contributed by atoms with Crippen LogP contribution in [-0.4, -0.2) is 56.7 Å². The van der Waals surface area contributed by atoms with Crippen LogP contribution in [0.2, 0.25) is 0 Å². The maximum atomic E-state index is 12.0. The summed E-state index contributed by atoms with van der Waals surface area (Å²) >= 11 is 0. The van der Waals surface area contributed by atoms with Crippen LogP contribution in [-0.2, 0) is 11.3 Å². The molecular formula is C22H32N2O3. The Bertz CT molecular complexity index is 830. The molecule has 1 aliphatic heterocycles. The van der Waals surface area contributed by atoms with Gasteiger partial charge in [0.25, 0.3) is 0 Å². The molecule has 1 saturated heterocycles. The van der Waals surface area contributed by atoms with Gasteiger partial charge in [-0.1, -0.05) is 0 Å². The van der Waals surface area contributed by atoms with Gasteiger partial charge in [-0.2, -0.15) is 0 Å². The Labute approximate surface area is 161 Å². The molecule has 0 amide bonds. The number of hydrogen-bond acceptors (Lipinski definition) is 5. The van der Waals surface area contributed by atoms with Crippen molar-refractivity contribution in [1.29, 1.82) is 0 Å². The van der Waals surface area contributed by atoms with Crippen LogP contribution < -0.4 is 5.63 Å². The molecule has 1 aromatic carbocycles. The molecule has 1 unspecified atom stereocenters. The fourth-order valence-electron chi connectivity index (χ4n) is 4.13. The molecule has 0 aliphatic carbocycles. The number of methoxy groups -OCH3 is 1. The van der Waals surface area contributed by atoms with E-state index in [0.29, 0.717) is 11.5 Å². The van der Waals surface area contributed by atoms with Gasteiger partial charge in [0, 0.05) is 44.7 Å². The highest BCUT2D eigenvalue weighted by atomic mass is 16.5. The molecule has 0 bridgehead atoms. The lowest BCUT2D eigenvalue weighted by Gasteiger charge is -2.34. The van der Waals surface area contributed by atoms with Crippen LogP contribution in [0.25, 0.3) is 11.0 Å². The number of fused-ring (bicyclic) bond motifs is 1. The third-order valence-electron chi connectivity index (χ3n) is 5.67. The first-order valence-electron chi connectivity index (χ1n) is 9.90. The van der Waals surface area contributed by atoms with Gasteiger partial charge in [-0.3, -0.25) is 0 Å². The predicted octanol–water partition coefficient (Wildman–Crippen LogP) is 3.20. The van der Waals surface area contributed by atoms with Crippen LogP contribution in [0.1, 0.15) is 29.5 Å². The second-order valence-corrected chi connectivity index (χ2v) is 8.02. The number of likely N-dealkylation sites (tertiary alicyclic amines) is 1. The van der Waals surface area contributed by atoms with E-state index in [1.807, 2.05) is 13.0 Å². The third kappa shape index (κ3) is 5.18. The van der Waals surface area contributed by atoms with Crippen LogP contribution in [0.4, 0.5) is 0 Å². The molecule has 1 aliphatic rings. The number of aryl methyl sites for hydroxylation is 2. The summed E-state index contributed by atoms with van der Waals surface area (Å²) in [5.41, 5.74) is 3.85. The summed E-state index contributed by atoms with van der Waals surface area (Å²) in [7, 11) is 3.91. The van der Waals surface area contributed by atoms with Crippen molar-refractivity contribution in [3.05, 3.63) is 45.3 Å². The molecule has 1 aromatic heterocycles. The molecule has 3 rings (SSSR count). The van der Waals surface area contributed by atoms with Crippen molar-refractivity contribution in [2.45, 2.75) is 33.2 Å². The van der Waals surface area contributed by atoms with E-state index in [9.17, 15) is 4.79 Å². The van der Waals surface area contributed by atoms with Gasteiger partial charge in [-0.05, 0) is 75.0 Å². The molecule has 2 heterocycles. The topological polar surface area (TPSA) is 45.9 Å². The lowest BCUT2D eigenvalue weighted by atomic mass is 9.97. The van der Waals surface area contributed by atoms with Gasteiger partial charge in [0.05, 0.1) is 6.61 Å². The molecular weight excluding hydrogens is 340 g/mol. The minimum atomic E-state index is -0.266. The first-order valence-corrected chi connectivity index (χ1v) is 9.90. The maximum Gasteiger partial charge on any atom is 0.336 e. The van der Waals surface area contributed by atoms with E-state index in [4.69, 9.17) is 9.15 Å². The lowest BCUT2D eigenvalue weighted by Crippen LogP contribution is -2.41. The Morgan fingerprint density at radius 1 is 1.26 bits per heavy atom. The van der Waals surface area contributed by atoms with Crippen molar-refractivity contribution in [1.82, 2.24) is 9.80 Å². The van der Waals surface area contributed by atoms with Crippen molar-refractivity contribution in [2.75, 3.05) is 46.9 Å². The van der Waals surface area contributed by atoms with E-state index < -0.39 is 0 Å². The molecule has 0 saturated carbocycles. The smallest absolute Gasteiger partial charge is 0.336 e. The molecule has 0 radical (unpaired) electrons. The fraction of sp³-hybridized carbons (Fsp3) is 0.591. The Balaban J connectivity index is 1.69. The highest BCUT2D eigenvalue weighted by Crippen LogP contribution is 2.23. The number of ether oxygens (including phenoxy) is 1. The van der Waals surface area contributed by atoms with Gasteiger partial charge in [0.2, 0.25) is 0 Å². The van der Waals surface area contributed by atoms with Gasteiger partial charge < -0.3 is 19.0 Å². The largest absolute Gasteiger partial charge is 0.423 e. The quantitative estimate of drug-likeness (QED) is 0.699. The molecule has 0 spiro atoms. The second-order valence-electron chi connectivity index (χ2n) is 8.02. The van der Waals surface area contributed by atoms with E-state index in [2.05, 4.69) is 29.8 Å². The minimum absolute atomic E-state index is 0.266. The van der Waals surface area contributed by atoms with Gasteiger partial charge in [0.1, 0.15) is 5.58 Å². The van der Waals surface area contributed by atoms with E-state index in [-0.39, 0.29) is 5.63 Å². The average molecular weight is 373 g/mol. The standard InChI is InChI=1S/C22H32N2O3/c1-16-10-20-19(12-22(25)27-21(20)11-17(16)2)15-23(3)13-18-6-5-7-24(14-18)8-9-26-4/h10-12,18H,5-9,13-15H2,1-4H3. The Hall–Kier alpha value is -1.69. The number of nitrogens with zero attached hydrogens (tertiary/aromatic N) is 2. The zero-order valence-corrected chi connectivity index (χ0v) is 17.1. The first kappa shape index (κ1) is 20.1. The van der Waals surface area contributed by atoms with Crippen LogP contribution >= 0.6 is 0 Å². The zero-order chi connectivity index (χ0) is 19.4. The molecule has 2 aromatic rings. The Kier molecular flexibility index (Phi) is 6.68. The summed E-state index contributed by atoms with van der Waals surface area (Å²) in [4.78, 5) is 16.9. The van der Waals surface area contributed by atoms with Gasteiger partial charge in [-0.25, -0.2) is 4.79 Å². The van der Waals surface area contributed by atoms with Crippen molar-refractivity contribution >= 4 is 11.0 Å². The minimum Gasteiger partial charge on any atom is -0.423 e. The van der Waals surface area contributed by atoms with Crippen molar-refractivity contribution in [3.63, 3.8) is 0 Å². The van der Waals surface area contributed by atoms with Crippen molar-refractivity contribution in [3.8, 4) is 0 Å². The molecule has 1 fully saturated rings. The first-order chi connectivity index (χ1) is 13.0. The summed E-state index contributed by atoms with van der Waals surface area (Å²) in [6, 6.07) is 5.77. The Morgan fingerprint density at radius 2 is 2.04 bits per heavy atom. The molecule has 148 valence electrons. The van der Waals surface area contributed by atoms with Crippen LogP contribution in [0, 0.1) is 19.8 Å². The van der Waals surface area contributed by atoms with E-state index in [0.717, 1.165) is 49.3 Å². The summed E-state index contributed by atoms with van der Waals surface area (Å²) in [6.45, 7) is 10.1. The SMILES string of the molecule is COCCN1CCCC(CN(C)Cc2cc(=O)oc3cc(C)c(C)cc23)C1. The number of piperidine rings is 1. The van der Waals surface area contributed by atoms with E-state index >= 15 is 0 Å². The normalized spacial score (nSPS) is 18.5. The number of rotatable bonds is 7.